The van der Waals surface area contributed by atoms with Crippen LogP contribution in [0, 0.1) is 0 Å². The van der Waals surface area contributed by atoms with Crippen molar-refractivity contribution in [2.45, 2.75) is 19.4 Å². The van der Waals surface area contributed by atoms with E-state index in [2.05, 4.69) is 4.98 Å². The van der Waals surface area contributed by atoms with Gasteiger partial charge in [0.05, 0.1) is 19.5 Å². The van der Waals surface area contributed by atoms with E-state index in [4.69, 9.17) is 4.74 Å². The molecule has 1 atom stereocenters. The molecule has 8 nitrogen and oxygen atoms in total. The van der Waals surface area contributed by atoms with E-state index < -0.39 is 17.3 Å². The van der Waals surface area contributed by atoms with Gasteiger partial charge >= 0.3 is 5.69 Å². The van der Waals surface area contributed by atoms with Crippen molar-refractivity contribution < 1.29 is 9.53 Å². The van der Waals surface area contributed by atoms with Crippen LogP contribution in [0.4, 0.5) is 0 Å². The molecule has 0 aliphatic heterocycles. The van der Waals surface area contributed by atoms with Gasteiger partial charge in [0.2, 0.25) is 0 Å². The summed E-state index contributed by atoms with van der Waals surface area (Å²) in [4.78, 5) is 41.9. The smallest absolute Gasteiger partial charge is 0.332 e. The molecule has 26 heavy (non-hydrogen) atoms. The summed E-state index contributed by atoms with van der Waals surface area (Å²) in [6.07, 6.45) is 1.92. The first kappa shape index (κ1) is 17.7. The highest BCUT2D eigenvalue weighted by Gasteiger charge is 2.25. The Morgan fingerprint density at radius 3 is 2.38 bits per heavy atom. The number of methoxy groups -OCH3 is 1. The molecule has 0 N–H and O–H groups in total. The monoisotopic (exact) mass is 356 g/mol. The average Bonchev–Trinajstić information content (AvgIpc) is 3.10. The molecular weight excluding hydrogens is 336 g/mol. The van der Waals surface area contributed by atoms with Gasteiger partial charge in [-0.1, -0.05) is 6.92 Å². The van der Waals surface area contributed by atoms with E-state index in [0.29, 0.717) is 17.7 Å². The molecule has 0 bridgehead atoms. The fraction of sp³-hybridized carbons (Fsp3) is 0.333. The van der Waals surface area contributed by atoms with Crippen molar-refractivity contribution in [2.75, 3.05) is 7.11 Å². The van der Waals surface area contributed by atoms with Crippen molar-refractivity contribution in [3.05, 3.63) is 57.0 Å². The second-order valence-corrected chi connectivity index (χ2v) is 6.05. The Kier molecular flexibility index (Phi) is 4.50. The molecular formula is C18H20N4O4. The first-order chi connectivity index (χ1) is 12.4. The minimum absolute atomic E-state index is 0.134. The van der Waals surface area contributed by atoms with Crippen LogP contribution in [-0.4, -0.2) is 31.6 Å². The zero-order valence-electron chi connectivity index (χ0n) is 15.1. The molecule has 0 radical (unpaired) electrons. The average molecular weight is 356 g/mol. The standard InChI is InChI=1S/C18H20N4O4/c1-5-13(15(23)11-6-8-12(26-4)9-7-11)22-10-19-16-14(22)17(24)21(3)18(25)20(16)2/h6-10,13H,5H2,1-4H3. The van der Waals surface area contributed by atoms with E-state index in [1.165, 1.54) is 17.9 Å². The summed E-state index contributed by atoms with van der Waals surface area (Å²) in [5.74, 6) is 0.525. The number of ether oxygens (including phenoxy) is 1. The van der Waals surface area contributed by atoms with Crippen molar-refractivity contribution >= 4 is 16.9 Å². The molecule has 0 aliphatic carbocycles. The zero-order valence-corrected chi connectivity index (χ0v) is 15.1. The maximum Gasteiger partial charge on any atom is 0.332 e. The number of Topliss-reactive ketones (excluding diaryl/α,β-unsaturated/α-hetero) is 1. The number of carbonyl (C=O) groups excluding carboxylic acids is 1. The molecule has 0 saturated heterocycles. The first-order valence-corrected chi connectivity index (χ1v) is 8.21. The van der Waals surface area contributed by atoms with Crippen molar-refractivity contribution in [1.29, 1.82) is 0 Å². The largest absolute Gasteiger partial charge is 0.497 e. The number of aromatic nitrogens is 4. The SMILES string of the molecule is CCC(C(=O)c1ccc(OC)cc1)n1cnc2c1c(=O)n(C)c(=O)n2C. The second-order valence-electron chi connectivity index (χ2n) is 6.05. The topological polar surface area (TPSA) is 88.1 Å². The highest BCUT2D eigenvalue weighted by molar-refractivity contribution is 5.99. The number of aryl methyl sites for hydroxylation is 1. The number of hydrogen-bond acceptors (Lipinski definition) is 5. The quantitative estimate of drug-likeness (QED) is 0.643. The molecule has 2 heterocycles. The lowest BCUT2D eigenvalue weighted by Gasteiger charge is -2.17. The van der Waals surface area contributed by atoms with E-state index in [-0.39, 0.29) is 16.9 Å². The van der Waals surface area contributed by atoms with Crippen LogP contribution in [0.3, 0.4) is 0 Å². The summed E-state index contributed by atoms with van der Waals surface area (Å²) >= 11 is 0. The summed E-state index contributed by atoms with van der Waals surface area (Å²) in [6.45, 7) is 1.87. The summed E-state index contributed by atoms with van der Waals surface area (Å²) in [7, 11) is 4.52. The van der Waals surface area contributed by atoms with E-state index >= 15 is 0 Å². The first-order valence-electron chi connectivity index (χ1n) is 8.21. The van der Waals surface area contributed by atoms with Crippen LogP contribution < -0.4 is 16.0 Å². The number of nitrogens with zero attached hydrogens (tertiary/aromatic N) is 4. The zero-order chi connectivity index (χ0) is 19.0. The normalized spacial score (nSPS) is 12.3. The molecule has 136 valence electrons. The Morgan fingerprint density at radius 1 is 1.15 bits per heavy atom. The van der Waals surface area contributed by atoms with Crippen LogP contribution in [0.2, 0.25) is 0 Å². The highest BCUT2D eigenvalue weighted by Crippen LogP contribution is 2.22. The van der Waals surface area contributed by atoms with Crippen LogP contribution in [0.15, 0.2) is 40.2 Å². The number of fused-ring (bicyclic) bond motifs is 1. The lowest BCUT2D eigenvalue weighted by atomic mass is 10.0. The second kappa shape index (κ2) is 6.62. The van der Waals surface area contributed by atoms with Crippen molar-refractivity contribution in [1.82, 2.24) is 18.7 Å². The van der Waals surface area contributed by atoms with Crippen LogP contribution in [0.25, 0.3) is 11.2 Å². The van der Waals surface area contributed by atoms with Gasteiger partial charge in [-0.3, -0.25) is 18.7 Å². The number of hydrogen-bond donors (Lipinski definition) is 0. The molecule has 0 spiro atoms. The van der Waals surface area contributed by atoms with Crippen LogP contribution in [0.1, 0.15) is 29.7 Å². The molecule has 8 heteroatoms. The van der Waals surface area contributed by atoms with Gasteiger partial charge in [0.1, 0.15) is 5.75 Å². The number of carbonyl (C=O) groups is 1. The van der Waals surface area contributed by atoms with Gasteiger partial charge in [0.15, 0.2) is 16.9 Å². The maximum absolute atomic E-state index is 13.0. The predicted molar refractivity (Wildman–Crippen MR) is 96.9 cm³/mol. The summed E-state index contributed by atoms with van der Waals surface area (Å²) < 4.78 is 9.00. The molecule has 2 aromatic heterocycles. The summed E-state index contributed by atoms with van der Waals surface area (Å²) in [5.41, 5.74) is 0.0902. The van der Waals surface area contributed by atoms with E-state index in [1.54, 1.807) is 43.0 Å². The molecule has 3 aromatic rings. The van der Waals surface area contributed by atoms with Crippen molar-refractivity contribution in [2.24, 2.45) is 14.1 Å². The summed E-state index contributed by atoms with van der Waals surface area (Å²) in [6, 6.07) is 6.22. The summed E-state index contributed by atoms with van der Waals surface area (Å²) in [5, 5.41) is 0. The predicted octanol–water partition coefficient (Wildman–Crippen LogP) is 1.28. The fourth-order valence-corrected chi connectivity index (χ4v) is 3.06. The Bertz CT molecular complexity index is 1090. The van der Waals surface area contributed by atoms with Crippen molar-refractivity contribution in [3.63, 3.8) is 0 Å². The van der Waals surface area contributed by atoms with Gasteiger partial charge in [0.25, 0.3) is 5.56 Å². The minimum Gasteiger partial charge on any atom is -0.497 e. The van der Waals surface area contributed by atoms with E-state index in [9.17, 15) is 14.4 Å². The maximum atomic E-state index is 13.0. The Labute approximate surface area is 149 Å². The molecule has 0 fully saturated rings. The van der Waals surface area contributed by atoms with Gasteiger partial charge in [-0.05, 0) is 30.7 Å². The van der Waals surface area contributed by atoms with Gasteiger partial charge < -0.3 is 9.30 Å². The van der Waals surface area contributed by atoms with E-state index in [0.717, 1.165) is 4.57 Å². The Balaban J connectivity index is 2.15. The Morgan fingerprint density at radius 2 is 1.81 bits per heavy atom. The van der Waals surface area contributed by atoms with Crippen LogP contribution in [-0.2, 0) is 14.1 Å². The van der Waals surface area contributed by atoms with E-state index in [1.807, 2.05) is 6.92 Å². The molecule has 3 rings (SSSR count). The lowest BCUT2D eigenvalue weighted by molar-refractivity contribution is 0.0924. The Hall–Kier alpha value is -3.16. The van der Waals surface area contributed by atoms with Crippen LogP contribution in [0.5, 0.6) is 5.75 Å². The van der Waals surface area contributed by atoms with Gasteiger partial charge in [-0.2, -0.15) is 0 Å². The molecule has 1 unspecified atom stereocenters. The number of benzene rings is 1. The van der Waals surface area contributed by atoms with Gasteiger partial charge in [0, 0.05) is 19.7 Å². The van der Waals surface area contributed by atoms with Gasteiger partial charge in [-0.25, -0.2) is 9.78 Å². The third-order valence-corrected chi connectivity index (χ3v) is 4.57. The number of rotatable bonds is 5. The fourth-order valence-electron chi connectivity index (χ4n) is 3.06. The van der Waals surface area contributed by atoms with Crippen molar-refractivity contribution in [3.8, 4) is 5.75 Å². The molecule has 0 saturated carbocycles. The number of imidazole rings is 1. The highest BCUT2D eigenvalue weighted by atomic mass is 16.5. The third-order valence-electron chi connectivity index (χ3n) is 4.57. The van der Waals surface area contributed by atoms with Crippen LogP contribution >= 0.6 is 0 Å². The molecule has 1 aromatic carbocycles. The third kappa shape index (κ3) is 2.63. The lowest BCUT2D eigenvalue weighted by Crippen LogP contribution is -2.38. The minimum atomic E-state index is -0.599. The molecule has 0 amide bonds. The number of ketones is 1. The molecule has 0 aliphatic rings. The van der Waals surface area contributed by atoms with Gasteiger partial charge in [-0.15, -0.1) is 0 Å².